The highest BCUT2D eigenvalue weighted by Gasteiger charge is 2.36. The molecule has 3 heteroatoms. The average Bonchev–Trinajstić information content (AvgIpc) is 3.89. The van der Waals surface area contributed by atoms with E-state index in [1.165, 1.54) is 54.9 Å². The highest BCUT2D eigenvalue weighted by molar-refractivity contribution is 6.23. The van der Waals surface area contributed by atoms with Crippen molar-refractivity contribution in [3.63, 3.8) is 0 Å². The maximum absolute atomic E-state index is 6.46. The highest BCUT2D eigenvalue weighted by atomic mass is 16.3. The second-order valence-corrected chi connectivity index (χ2v) is 16.1. The summed E-state index contributed by atoms with van der Waals surface area (Å²) in [6.07, 6.45) is 0. The first-order chi connectivity index (χ1) is 28.5. The van der Waals surface area contributed by atoms with E-state index in [2.05, 4.69) is 211 Å². The first-order valence-corrected chi connectivity index (χ1v) is 20.1. The molecule has 58 heavy (non-hydrogen) atoms. The van der Waals surface area contributed by atoms with E-state index in [1.54, 1.807) is 0 Å². The summed E-state index contributed by atoms with van der Waals surface area (Å²) in [5, 5.41) is 7.13. The summed E-state index contributed by atoms with van der Waals surface area (Å²) < 4.78 is 8.87. The summed E-state index contributed by atoms with van der Waals surface area (Å²) in [5.74, 6) is 0. The van der Waals surface area contributed by atoms with Gasteiger partial charge in [-0.15, -0.1) is 0 Å². The molecule has 0 N–H and O–H groups in total. The van der Waals surface area contributed by atoms with Crippen molar-refractivity contribution < 1.29 is 4.42 Å². The van der Waals surface area contributed by atoms with Crippen molar-refractivity contribution in [2.75, 3.05) is 4.90 Å². The van der Waals surface area contributed by atoms with E-state index in [9.17, 15) is 0 Å². The molecule has 0 fully saturated rings. The highest BCUT2D eigenvalue weighted by Crippen LogP contribution is 2.52. The number of nitrogens with zero attached hydrogens (tertiary/aromatic N) is 2. The van der Waals surface area contributed by atoms with Crippen molar-refractivity contribution in [1.82, 2.24) is 4.57 Å². The van der Waals surface area contributed by atoms with Gasteiger partial charge in [0.1, 0.15) is 11.2 Å². The van der Waals surface area contributed by atoms with E-state index < -0.39 is 0 Å². The van der Waals surface area contributed by atoms with Crippen molar-refractivity contribution in [3.05, 3.63) is 205 Å². The molecule has 9 aromatic carbocycles. The standard InChI is InChI=1S/C55H38N2O/c1-55(2)46-23-10-6-18-39(46)40-30-28-37(33-47(40)55)56(38-29-31-43-41-19-7-12-25-49(41)57(50(43)34-38)36-16-4-3-5-17-36)48-24-11-8-20-42(48)44-22-14-15-35-27-32-52-54(53(35)44)45-21-9-13-26-51(45)58-52/h3-34H,1-2H3. The minimum absolute atomic E-state index is 0.152. The molecule has 1 aliphatic rings. The maximum Gasteiger partial charge on any atom is 0.136 e. The van der Waals surface area contributed by atoms with Gasteiger partial charge in [-0.1, -0.05) is 147 Å². The number of anilines is 3. The zero-order valence-corrected chi connectivity index (χ0v) is 32.3. The van der Waals surface area contributed by atoms with Crippen LogP contribution in [0.1, 0.15) is 25.0 Å². The Morgan fingerprint density at radius 3 is 2.00 bits per heavy atom. The predicted octanol–water partition coefficient (Wildman–Crippen LogP) is 15.3. The van der Waals surface area contributed by atoms with Gasteiger partial charge in [-0.2, -0.15) is 0 Å². The fourth-order valence-electron chi connectivity index (χ4n) is 9.93. The van der Waals surface area contributed by atoms with Crippen molar-refractivity contribution in [3.8, 4) is 27.9 Å². The Balaban J connectivity index is 1.16. The van der Waals surface area contributed by atoms with Crippen molar-refractivity contribution in [1.29, 1.82) is 0 Å². The molecular formula is C55H38N2O. The number of furan rings is 1. The lowest BCUT2D eigenvalue weighted by Gasteiger charge is -2.30. The molecule has 0 unspecified atom stereocenters. The fourth-order valence-corrected chi connectivity index (χ4v) is 9.93. The topological polar surface area (TPSA) is 21.3 Å². The van der Waals surface area contributed by atoms with Gasteiger partial charge in [0.05, 0.1) is 16.7 Å². The molecule has 12 rings (SSSR count). The number of aromatic nitrogens is 1. The van der Waals surface area contributed by atoms with Gasteiger partial charge in [0.25, 0.3) is 0 Å². The molecule has 0 aliphatic heterocycles. The Labute approximate surface area is 336 Å². The molecule has 274 valence electrons. The Bertz CT molecular complexity index is 3440. The van der Waals surface area contributed by atoms with Crippen LogP contribution in [0.25, 0.3) is 82.5 Å². The number of hydrogen-bond acceptors (Lipinski definition) is 2. The zero-order chi connectivity index (χ0) is 38.5. The molecule has 1 aliphatic carbocycles. The number of benzene rings is 9. The number of hydrogen-bond donors (Lipinski definition) is 0. The predicted molar refractivity (Wildman–Crippen MR) is 243 cm³/mol. The average molecular weight is 743 g/mol. The number of rotatable bonds is 5. The monoisotopic (exact) mass is 742 g/mol. The van der Waals surface area contributed by atoms with E-state index in [0.29, 0.717) is 0 Å². The molecule has 0 amide bonds. The first kappa shape index (κ1) is 32.8. The first-order valence-electron chi connectivity index (χ1n) is 20.1. The summed E-state index contributed by atoms with van der Waals surface area (Å²) in [4.78, 5) is 2.48. The summed E-state index contributed by atoms with van der Waals surface area (Å²) in [5.41, 5.74) is 16.1. The summed E-state index contributed by atoms with van der Waals surface area (Å²) in [7, 11) is 0. The lowest BCUT2D eigenvalue weighted by molar-refractivity contribution is 0.660. The largest absolute Gasteiger partial charge is 0.456 e. The van der Waals surface area contributed by atoms with E-state index in [0.717, 1.165) is 55.8 Å². The quantitative estimate of drug-likeness (QED) is 0.175. The van der Waals surface area contributed by atoms with E-state index >= 15 is 0 Å². The van der Waals surface area contributed by atoms with E-state index in [4.69, 9.17) is 4.42 Å². The Morgan fingerprint density at radius 2 is 1.10 bits per heavy atom. The molecule has 0 saturated carbocycles. The normalized spacial score (nSPS) is 13.1. The van der Waals surface area contributed by atoms with Crippen molar-refractivity contribution in [2.24, 2.45) is 0 Å². The molecule has 2 aromatic heterocycles. The molecule has 2 heterocycles. The summed E-state index contributed by atoms with van der Waals surface area (Å²) >= 11 is 0. The SMILES string of the molecule is CC1(C)c2ccccc2-c2ccc(N(c3ccc4c5ccccc5n(-c5ccccc5)c4c3)c3ccccc3-c3cccc4ccc5oc6ccccc6c5c34)cc21. The van der Waals surface area contributed by atoms with Crippen LogP contribution < -0.4 is 4.90 Å². The van der Waals surface area contributed by atoms with Crippen LogP contribution in [0.2, 0.25) is 0 Å². The molecule has 11 aromatic rings. The third-order valence-electron chi connectivity index (χ3n) is 12.6. The summed E-state index contributed by atoms with van der Waals surface area (Å²) in [6.45, 7) is 4.72. The van der Waals surface area contributed by atoms with Crippen LogP contribution in [0.4, 0.5) is 17.1 Å². The minimum atomic E-state index is -0.152. The molecular weight excluding hydrogens is 705 g/mol. The van der Waals surface area contributed by atoms with Crippen LogP contribution in [0.5, 0.6) is 0 Å². The van der Waals surface area contributed by atoms with E-state index in [1.807, 2.05) is 6.07 Å². The van der Waals surface area contributed by atoms with Gasteiger partial charge < -0.3 is 13.9 Å². The maximum atomic E-state index is 6.46. The molecule has 0 atom stereocenters. The van der Waals surface area contributed by atoms with E-state index in [-0.39, 0.29) is 5.41 Å². The second-order valence-electron chi connectivity index (χ2n) is 16.1. The van der Waals surface area contributed by atoms with Gasteiger partial charge in [-0.05, 0) is 93.9 Å². The lowest BCUT2D eigenvalue weighted by Crippen LogP contribution is -2.17. The van der Waals surface area contributed by atoms with Crippen LogP contribution >= 0.6 is 0 Å². The third-order valence-corrected chi connectivity index (χ3v) is 12.6. The van der Waals surface area contributed by atoms with Crippen LogP contribution in [-0.4, -0.2) is 4.57 Å². The van der Waals surface area contributed by atoms with Crippen LogP contribution in [0, 0.1) is 0 Å². The molecule has 3 nitrogen and oxygen atoms in total. The van der Waals surface area contributed by atoms with Crippen LogP contribution in [-0.2, 0) is 5.41 Å². The molecule has 0 spiro atoms. The fraction of sp³-hybridized carbons (Fsp3) is 0.0545. The Kier molecular flexibility index (Phi) is 6.98. The lowest BCUT2D eigenvalue weighted by atomic mass is 9.82. The van der Waals surface area contributed by atoms with Gasteiger partial charge in [0, 0.05) is 55.0 Å². The third kappa shape index (κ3) is 4.68. The Morgan fingerprint density at radius 1 is 0.431 bits per heavy atom. The van der Waals surface area contributed by atoms with Gasteiger partial charge in [0.15, 0.2) is 0 Å². The van der Waals surface area contributed by atoms with Gasteiger partial charge >= 0.3 is 0 Å². The number of fused-ring (bicyclic) bond motifs is 11. The van der Waals surface area contributed by atoms with Crippen LogP contribution in [0.3, 0.4) is 0 Å². The minimum Gasteiger partial charge on any atom is -0.456 e. The van der Waals surface area contributed by atoms with Gasteiger partial charge in [-0.25, -0.2) is 0 Å². The Hall–Kier alpha value is -7.36. The number of para-hydroxylation sites is 4. The molecule has 0 saturated heterocycles. The van der Waals surface area contributed by atoms with Crippen molar-refractivity contribution >= 4 is 71.6 Å². The zero-order valence-electron chi connectivity index (χ0n) is 32.3. The van der Waals surface area contributed by atoms with Crippen LogP contribution in [0.15, 0.2) is 199 Å². The smallest absolute Gasteiger partial charge is 0.136 e. The van der Waals surface area contributed by atoms with Gasteiger partial charge in [-0.3, -0.25) is 0 Å². The molecule has 0 radical (unpaired) electrons. The van der Waals surface area contributed by atoms with Gasteiger partial charge in [0.2, 0.25) is 0 Å². The summed E-state index contributed by atoms with van der Waals surface area (Å²) in [6, 6.07) is 70.8. The molecule has 0 bridgehead atoms. The second kappa shape index (κ2) is 12.3. The van der Waals surface area contributed by atoms with Crippen molar-refractivity contribution in [2.45, 2.75) is 19.3 Å².